The number of imide groups is 1. The third kappa shape index (κ3) is 4.56. The Bertz CT molecular complexity index is 914. The molecule has 1 aliphatic heterocycles. The zero-order chi connectivity index (χ0) is 20.9. The summed E-state index contributed by atoms with van der Waals surface area (Å²) in [6.45, 7) is 4.10. The highest BCUT2D eigenvalue weighted by atomic mass is 16.5. The van der Waals surface area contributed by atoms with Gasteiger partial charge in [0.05, 0.1) is 19.9 Å². The number of urea groups is 1. The van der Waals surface area contributed by atoms with Crippen LogP contribution in [0.25, 0.3) is 0 Å². The van der Waals surface area contributed by atoms with E-state index in [4.69, 9.17) is 9.47 Å². The Hall–Kier alpha value is -3.35. The molecule has 0 aliphatic carbocycles. The molecule has 0 unspecified atom stereocenters. The van der Waals surface area contributed by atoms with Crippen LogP contribution in [-0.4, -0.2) is 42.4 Å². The summed E-state index contributed by atoms with van der Waals surface area (Å²) in [7, 11) is 1.56. The second-order valence-corrected chi connectivity index (χ2v) is 6.95. The van der Waals surface area contributed by atoms with E-state index in [1.807, 2.05) is 37.3 Å². The van der Waals surface area contributed by atoms with Crippen LogP contribution in [0.2, 0.25) is 0 Å². The minimum Gasteiger partial charge on any atom is -0.493 e. The van der Waals surface area contributed by atoms with Crippen LogP contribution in [0.15, 0.2) is 53.6 Å². The summed E-state index contributed by atoms with van der Waals surface area (Å²) in [6, 6.07) is 14.6. The largest absolute Gasteiger partial charge is 0.493 e. The predicted molar refractivity (Wildman–Crippen MR) is 110 cm³/mol. The lowest BCUT2D eigenvalue weighted by atomic mass is 9.93. The Morgan fingerprint density at radius 1 is 1.14 bits per heavy atom. The highest BCUT2D eigenvalue weighted by Crippen LogP contribution is 2.28. The highest BCUT2D eigenvalue weighted by Gasteiger charge is 2.47. The number of hydrogen-bond acceptors (Lipinski definition) is 5. The van der Waals surface area contributed by atoms with E-state index in [-0.39, 0.29) is 5.91 Å². The number of hydrazone groups is 1. The zero-order valence-electron chi connectivity index (χ0n) is 16.8. The minimum absolute atomic E-state index is 0.367. The Kier molecular flexibility index (Phi) is 6.16. The third-order valence-corrected chi connectivity index (χ3v) is 4.81. The van der Waals surface area contributed by atoms with Gasteiger partial charge in [-0.1, -0.05) is 30.3 Å². The highest BCUT2D eigenvalue weighted by molar-refractivity contribution is 6.07. The van der Waals surface area contributed by atoms with Crippen LogP contribution in [0.4, 0.5) is 4.79 Å². The fourth-order valence-electron chi connectivity index (χ4n) is 3.15. The van der Waals surface area contributed by atoms with Crippen molar-refractivity contribution in [1.82, 2.24) is 10.3 Å². The van der Waals surface area contributed by atoms with Crippen molar-refractivity contribution in [3.8, 4) is 11.5 Å². The van der Waals surface area contributed by atoms with Crippen molar-refractivity contribution in [1.29, 1.82) is 0 Å². The number of amides is 3. The van der Waals surface area contributed by atoms with Gasteiger partial charge in [0, 0.05) is 0 Å². The van der Waals surface area contributed by atoms with Gasteiger partial charge >= 0.3 is 6.03 Å². The molecule has 7 nitrogen and oxygen atoms in total. The topological polar surface area (TPSA) is 80.2 Å². The van der Waals surface area contributed by atoms with E-state index in [2.05, 4.69) is 10.4 Å². The van der Waals surface area contributed by atoms with Gasteiger partial charge in [0.25, 0.3) is 5.91 Å². The van der Waals surface area contributed by atoms with Gasteiger partial charge < -0.3 is 14.8 Å². The molecule has 1 aliphatic rings. The molecular weight excluding hydrogens is 370 g/mol. The second kappa shape index (κ2) is 8.77. The number of carbonyl (C=O) groups is 2. The Morgan fingerprint density at radius 2 is 1.90 bits per heavy atom. The van der Waals surface area contributed by atoms with Gasteiger partial charge in [-0.3, -0.25) is 4.79 Å². The molecule has 0 radical (unpaired) electrons. The molecule has 152 valence electrons. The fourth-order valence-corrected chi connectivity index (χ4v) is 3.15. The maximum absolute atomic E-state index is 12.8. The molecule has 0 spiro atoms. The SMILES string of the molecule is CCOc1cc(/C=N\N2C(=O)N[C@@](C)(CCc3ccccc3)C2=O)ccc1OC. The normalized spacial score (nSPS) is 18.9. The van der Waals surface area contributed by atoms with Crippen LogP contribution in [0.5, 0.6) is 11.5 Å². The number of hydrogen-bond donors (Lipinski definition) is 1. The number of nitrogens with zero attached hydrogens (tertiary/aromatic N) is 2. The molecule has 1 atom stereocenters. The molecule has 1 N–H and O–H groups in total. The molecular formula is C22H25N3O4. The standard InChI is InChI=1S/C22H25N3O4/c1-4-29-19-14-17(10-11-18(19)28-3)15-23-25-20(26)22(2,24-21(25)27)13-12-16-8-6-5-7-9-16/h5-11,14-15H,4,12-13H2,1-3H3,(H,24,27)/b23-15-/t22-/m0/s1. The molecule has 1 fully saturated rings. The number of rotatable bonds is 8. The van der Waals surface area contributed by atoms with E-state index in [9.17, 15) is 9.59 Å². The first-order valence-corrected chi connectivity index (χ1v) is 9.52. The molecule has 0 saturated carbocycles. The number of aryl methyl sites for hydroxylation is 1. The van der Waals surface area contributed by atoms with Crippen molar-refractivity contribution >= 4 is 18.2 Å². The van der Waals surface area contributed by atoms with Crippen molar-refractivity contribution in [2.24, 2.45) is 5.10 Å². The van der Waals surface area contributed by atoms with E-state index < -0.39 is 11.6 Å². The lowest BCUT2D eigenvalue weighted by Gasteiger charge is -2.20. The lowest BCUT2D eigenvalue weighted by Crippen LogP contribution is -2.44. The summed E-state index contributed by atoms with van der Waals surface area (Å²) in [5, 5.41) is 7.76. The first kappa shape index (κ1) is 20.4. The van der Waals surface area contributed by atoms with Crippen LogP contribution in [0.1, 0.15) is 31.4 Å². The maximum Gasteiger partial charge on any atom is 0.346 e. The number of ether oxygens (including phenoxy) is 2. The van der Waals surface area contributed by atoms with E-state index in [1.165, 1.54) is 6.21 Å². The van der Waals surface area contributed by atoms with Crippen molar-refractivity contribution in [3.63, 3.8) is 0 Å². The Labute approximate surface area is 170 Å². The average Bonchev–Trinajstić information content (AvgIpc) is 2.94. The summed E-state index contributed by atoms with van der Waals surface area (Å²) < 4.78 is 10.8. The number of methoxy groups -OCH3 is 1. The van der Waals surface area contributed by atoms with Crippen LogP contribution >= 0.6 is 0 Å². The third-order valence-electron chi connectivity index (χ3n) is 4.81. The summed E-state index contributed by atoms with van der Waals surface area (Å²) in [6.07, 6.45) is 2.63. The van der Waals surface area contributed by atoms with Gasteiger partial charge in [0.2, 0.25) is 0 Å². The Balaban J connectivity index is 1.72. The van der Waals surface area contributed by atoms with E-state index >= 15 is 0 Å². The molecule has 2 aromatic carbocycles. The molecule has 2 aromatic rings. The molecule has 7 heteroatoms. The van der Waals surface area contributed by atoms with E-state index in [0.717, 1.165) is 10.6 Å². The van der Waals surface area contributed by atoms with E-state index in [1.54, 1.807) is 32.2 Å². The number of nitrogens with one attached hydrogen (secondary N) is 1. The number of benzene rings is 2. The molecule has 0 aromatic heterocycles. The molecule has 3 rings (SSSR count). The monoisotopic (exact) mass is 395 g/mol. The smallest absolute Gasteiger partial charge is 0.346 e. The van der Waals surface area contributed by atoms with Crippen LogP contribution in [0.3, 0.4) is 0 Å². The minimum atomic E-state index is -0.985. The Morgan fingerprint density at radius 3 is 2.59 bits per heavy atom. The molecule has 1 heterocycles. The predicted octanol–water partition coefficient (Wildman–Crippen LogP) is 3.37. The zero-order valence-corrected chi connectivity index (χ0v) is 16.8. The van der Waals surface area contributed by atoms with Gasteiger partial charge in [-0.05, 0) is 56.0 Å². The van der Waals surface area contributed by atoms with Crippen LogP contribution < -0.4 is 14.8 Å². The van der Waals surface area contributed by atoms with Gasteiger partial charge in [0.1, 0.15) is 5.54 Å². The first-order chi connectivity index (χ1) is 14.0. The molecule has 1 saturated heterocycles. The molecule has 3 amide bonds. The van der Waals surface area contributed by atoms with Crippen LogP contribution in [0, 0.1) is 0 Å². The lowest BCUT2D eigenvalue weighted by molar-refractivity contribution is -0.130. The maximum atomic E-state index is 12.8. The van der Waals surface area contributed by atoms with Crippen LogP contribution in [-0.2, 0) is 11.2 Å². The second-order valence-electron chi connectivity index (χ2n) is 6.95. The summed E-state index contributed by atoms with van der Waals surface area (Å²) >= 11 is 0. The molecule has 0 bridgehead atoms. The fraction of sp³-hybridized carbons (Fsp3) is 0.318. The van der Waals surface area contributed by atoms with Gasteiger partial charge in [0.15, 0.2) is 11.5 Å². The van der Waals surface area contributed by atoms with Crippen molar-refractivity contribution in [2.75, 3.05) is 13.7 Å². The molecule has 29 heavy (non-hydrogen) atoms. The van der Waals surface area contributed by atoms with Gasteiger partial charge in [-0.2, -0.15) is 5.10 Å². The van der Waals surface area contributed by atoms with Gasteiger partial charge in [-0.25, -0.2) is 4.79 Å². The quantitative estimate of drug-likeness (QED) is 0.549. The van der Waals surface area contributed by atoms with Gasteiger partial charge in [-0.15, -0.1) is 5.01 Å². The number of carbonyl (C=O) groups excluding carboxylic acids is 2. The summed E-state index contributed by atoms with van der Waals surface area (Å²) in [5.74, 6) is 0.810. The summed E-state index contributed by atoms with van der Waals surface area (Å²) in [4.78, 5) is 25.2. The van der Waals surface area contributed by atoms with Crippen molar-refractivity contribution in [3.05, 3.63) is 59.7 Å². The van der Waals surface area contributed by atoms with Crippen molar-refractivity contribution in [2.45, 2.75) is 32.2 Å². The van der Waals surface area contributed by atoms with Crippen molar-refractivity contribution < 1.29 is 19.1 Å². The van der Waals surface area contributed by atoms with E-state index in [0.29, 0.717) is 36.5 Å². The first-order valence-electron chi connectivity index (χ1n) is 9.52. The average molecular weight is 395 g/mol. The summed E-state index contributed by atoms with van der Waals surface area (Å²) in [5.41, 5.74) is 0.813.